The number of nitrogens with one attached hydrogen (secondary N) is 1. The van der Waals surface area contributed by atoms with Gasteiger partial charge in [0.2, 0.25) is 0 Å². The zero-order valence-corrected chi connectivity index (χ0v) is 22.5. The van der Waals surface area contributed by atoms with Gasteiger partial charge in [-0.3, -0.25) is 9.59 Å². The molecular formula is C29H33NO6S. The topological polar surface area (TPSA) is 90.9 Å². The molecule has 0 unspecified atom stereocenters. The lowest BCUT2D eigenvalue weighted by molar-refractivity contribution is -0.152. The van der Waals surface area contributed by atoms with Gasteiger partial charge in [-0.05, 0) is 55.8 Å². The van der Waals surface area contributed by atoms with E-state index in [0.29, 0.717) is 29.7 Å². The van der Waals surface area contributed by atoms with Gasteiger partial charge in [-0.25, -0.2) is 4.79 Å². The Morgan fingerprint density at radius 3 is 2.51 bits per heavy atom. The number of rotatable bonds is 9. The van der Waals surface area contributed by atoms with Gasteiger partial charge in [-0.15, -0.1) is 11.3 Å². The van der Waals surface area contributed by atoms with E-state index >= 15 is 0 Å². The van der Waals surface area contributed by atoms with E-state index in [1.165, 1.54) is 11.3 Å². The van der Waals surface area contributed by atoms with Crippen molar-refractivity contribution in [3.63, 3.8) is 0 Å². The predicted molar refractivity (Wildman–Crippen MR) is 141 cm³/mol. The van der Waals surface area contributed by atoms with E-state index in [4.69, 9.17) is 14.2 Å². The highest BCUT2D eigenvalue weighted by Crippen LogP contribution is 2.49. The van der Waals surface area contributed by atoms with Crippen LogP contribution in [0.5, 0.6) is 5.75 Å². The molecule has 0 spiro atoms. The number of hydrogen-bond acceptors (Lipinski definition) is 8. The summed E-state index contributed by atoms with van der Waals surface area (Å²) in [6.07, 6.45) is 1.87. The van der Waals surface area contributed by atoms with Crippen LogP contribution in [0.4, 0.5) is 0 Å². The monoisotopic (exact) mass is 523 g/mol. The fourth-order valence-electron chi connectivity index (χ4n) is 5.27. The van der Waals surface area contributed by atoms with Crippen molar-refractivity contribution in [1.82, 2.24) is 5.32 Å². The summed E-state index contributed by atoms with van der Waals surface area (Å²) >= 11 is 1.52. The molecule has 2 heterocycles. The Hall–Kier alpha value is -3.39. The van der Waals surface area contributed by atoms with Crippen LogP contribution in [-0.2, 0) is 23.9 Å². The van der Waals surface area contributed by atoms with Gasteiger partial charge in [0.05, 0.1) is 25.9 Å². The first kappa shape index (κ1) is 26.7. The number of methoxy groups -OCH3 is 1. The van der Waals surface area contributed by atoms with E-state index in [0.717, 1.165) is 28.3 Å². The van der Waals surface area contributed by atoms with E-state index in [2.05, 4.69) is 5.32 Å². The molecule has 196 valence electrons. The van der Waals surface area contributed by atoms with Crippen LogP contribution in [-0.4, -0.2) is 38.0 Å². The third-order valence-corrected chi connectivity index (χ3v) is 7.78. The largest absolute Gasteiger partial charge is 0.497 e. The van der Waals surface area contributed by atoms with E-state index in [1.807, 2.05) is 48.7 Å². The van der Waals surface area contributed by atoms with Crippen LogP contribution in [0, 0.1) is 5.92 Å². The van der Waals surface area contributed by atoms with Gasteiger partial charge in [0.1, 0.15) is 11.7 Å². The van der Waals surface area contributed by atoms with Crippen molar-refractivity contribution >= 4 is 29.1 Å². The van der Waals surface area contributed by atoms with E-state index in [-0.39, 0.29) is 24.9 Å². The number of carbonyl (C=O) groups is 3. The number of thiophene rings is 1. The molecule has 1 N–H and O–H groups in total. The molecule has 2 aromatic rings. The molecule has 37 heavy (non-hydrogen) atoms. The highest BCUT2D eigenvalue weighted by molar-refractivity contribution is 7.10. The smallest absolute Gasteiger partial charge is 0.336 e. The maximum Gasteiger partial charge on any atom is 0.336 e. The third kappa shape index (κ3) is 5.21. The zero-order chi connectivity index (χ0) is 26.5. The van der Waals surface area contributed by atoms with Crippen LogP contribution in [0.3, 0.4) is 0 Å². The van der Waals surface area contributed by atoms with Gasteiger partial charge in [0.25, 0.3) is 0 Å². The molecule has 0 amide bonds. The molecule has 3 atom stereocenters. The Morgan fingerprint density at radius 2 is 1.86 bits per heavy atom. The first-order valence-corrected chi connectivity index (χ1v) is 13.6. The molecule has 0 fully saturated rings. The summed E-state index contributed by atoms with van der Waals surface area (Å²) in [5.74, 6) is -2.77. The molecule has 7 nitrogen and oxygen atoms in total. The van der Waals surface area contributed by atoms with Gasteiger partial charge < -0.3 is 19.5 Å². The first-order chi connectivity index (χ1) is 17.9. The Morgan fingerprint density at radius 1 is 1.08 bits per heavy atom. The fraction of sp³-hybridized carbons (Fsp3) is 0.414. The molecule has 0 bridgehead atoms. The van der Waals surface area contributed by atoms with Crippen molar-refractivity contribution in [3.8, 4) is 5.75 Å². The maximum absolute atomic E-state index is 14.3. The number of benzene rings is 1. The molecule has 1 aromatic carbocycles. The molecule has 1 aliphatic heterocycles. The normalized spacial score (nSPS) is 21.3. The van der Waals surface area contributed by atoms with Gasteiger partial charge >= 0.3 is 11.9 Å². The summed E-state index contributed by atoms with van der Waals surface area (Å²) in [5.41, 5.74) is 3.05. The Kier molecular flexibility index (Phi) is 8.48. The van der Waals surface area contributed by atoms with Crippen molar-refractivity contribution in [2.24, 2.45) is 5.92 Å². The molecule has 4 rings (SSSR count). The minimum absolute atomic E-state index is 0.178. The number of carbonyl (C=O) groups excluding carboxylic acids is 3. The highest BCUT2D eigenvalue weighted by atomic mass is 32.1. The van der Waals surface area contributed by atoms with Crippen LogP contribution >= 0.6 is 11.3 Å². The fourth-order valence-corrected chi connectivity index (χ4v) is 6.14. The molecule has 0 radical (unpaired) electrons. The molecule has 1 aromatic heterocycles. The average molecular weight is 524 g/mol. The lowest BCUT2D eigenvalue weighted by Gasteiger charge is -2.39. The molecule has 0 saturated carbocycles. The van der Waals surface area contributed by atoms with Crippen molar-refractivity contribution in [2.75, 3.05) is 20.3 Å². The Balaban J connectivity index is 1.93. The summed E-state index contributed by atoms with van der Waals surface area (Å²) in [7, 11) is 1.57. The van der Waals surface area contributed by atoms with Crippen molar-refractivity contribution in [2.45, 2.75) is 51.9 Å². The molecule has 1 aliphatic carbocycles. The highest BCUT2D eigenvalue weighted by Gasteiger charge is 2.49. The second kappa shape index (κ2) is 11.8. The molecular weight excluding hydrogens is 490 g/mol. The number of ketones is 1. The maximum atomic E-state index is 14.3. The molecule has 8 heteroatoms. The minimum atomic E-state index is -0.997. The third-order valence-electron chi connectivity index (χ3n) is 6.78. The van der Waals surface area contributed by atoms with Gasteiger partial charge in [-0.1, -0.05) is 31.5 Å². The van der Waals surface area contributed by atoms with Gasteiger partial charge in [0, 0.05) is 33.7 Å². The standard InChI is InChI=1S/C29H33NO6S/c1-5-10-20-26(29(33)36-7-3)23(17-11-8-12-18(15-17)34-4)25-21(30-20)16-19(22-13-9-14-37-22)24(27(25)31)28(32)35-6-2/h8-9,11-15,19,23-24,30H,5-7,10,16H2,1-4H3/t19-,23-,24+/m1/s1. The van der Waals surface area contributed by atoms with E-state index in [9.17, 15) is 14.4 Å². The quantitative estimate of drug-likeness (QED) is 0.355. The molecule has 2 aliphatic rings. The van der Waals surface area contributed by atoms with E-state index < -0.39 is 23.8 Å². The number of ether oxygens (including phenoxy) is 3. The minimum Gasteiger partial charge on any atom is -0.497 e. The number of Topliss-reactive ketones (excluding diaryl/α,β-unsaturated/α-hetero) is 1. The first-order valence-electron chi connectivity index (χ1n) is 12.7. The SMILES string of the molecule is CCCC1=C(C(=O)OCC)[C@H](c2cccc(OC)c2)C2=C(C[C@H](c3cccs3)[C@H](C(=O)OCC)C2=O)N1. The van der Waals surface area contributed by atoms with Crippen LogP contribution in [0.15, 0.2) is 64.3 Å². The van der Waals surface area contributed by atoms with Crippen LogP contribution in [0.2, 0.25) is 0 Å². The van der Waals surface area contributed by atoms with Crippen molar-refractivity contribution < 1.29 is 28.6 Å². The summed E-state index contributed by atoms with van der Waals surface area (Å²) in [6.45, 7) is 5.92. The predicted octanol–water partition coefficient (Wildman–Crippen LogP) is 5.25. The van der Waals surface area contributed by atoms with Crippen LogP contribution in [0.25, 0.3) is 0 Å². The second-order valence-corrected chi connectivity index (χ2v) is 9.99. The number of allylic oxidation sites excluding steroid dienone is 3. The van der Waals surface area contributed by atoms with Crippen LogP contribution in [0.1, 0.15) is 62.3 Å². The number of dihydropyridines is 1. The second-order valence-electron chi connectivity index (χ2n) is 9.01. The summed E-state index contributed by atoms with van der Waals surface area (Å²) < 4.78 is 16.3. The van der Waals surface area contributed by atoms with Gasteiger partial charge in [-0.2, -0.15) is 0 Å². The van der Waals surface area contributed by atoms with Crippen LogP contribution < -0.4 is 10.1 Å². The molecule has 0 saturated heterocycles. The number of hydrogen-bond donors (Lipinski definition) is 1. The van der Waals surface area contributed by atoms with Crippen molar-refractivity contribution in [3.05, 3.63) is 74.8 Å². The van der Waals surface area contributed by atoms with Crippen molar-refractivity contribution in [1.29, 1.82) is 0 Å². The zero-order valence-electron chi connectivity index (χ0n) is 21.7. The Bertz CT molecular complexity index is 1230. The summed E-state index contributed by atoms with van der Waals surface area (Å²) in [6, 6.07) is 11.2. The lowest BCUT2D eigenvalue weighted by Crippen LogP contribution is -2.43. The summed E-state index contributed by atoms with van der Waals surface area (Å²) in [4.78, 5) is 41.9. The Labute approximate surface area is 221 Å². The average Bonchev–Trinajstić information content (AvgIpc) is 3.43. The summed E-state index contributed by atoms with van der Waals surface area (Å²) in [5, 5.41) is 5.39. The van der Waals surface area contributed by atoms with E-state index in [1.54, 1.807) is 21.0 Å². The lowest BCUT2D eigenvalue weighted by atomic mass is 9.68. The van der Waals surface area contributed by atoms with Gasteiger partial charge in [0.15, 0.2) is 5.78 Å². The number of esters is 2.